The molecule has 3 aromatic rings. The number of carbonyl (C=O) groups is 1. The summed E-state index contributed by atoms with van der Waals surface area (Å²) in [4.78, 5) is 15.7. The number of ketones is 1. The molecule has 2 unspecified atom stereocenters. The van der Waals surface area contributed by atoms with Crippen molar-refractivity contribution < 1.29 is 16.8 Å². The van der Waals surface area contributed by atoms with Crippen LogP contribution in [0.25, 0.3) is 0 Å². The van der Waals surface area contributed by atoms with Crippen LogP contribution in [0, 0.1) is 30.6 Å². The first-order valence-corrected chi connectivity index (χ1v) is 15.6. The summed E-state index contributed by atoms with van der Waals surface area (Å²) in [6.07, 6.45) is 1.96. The Kier molecular flexibility index (Phi) is 6.21. The fourth-order valence-corrected chi connectivity index (χ4v) is 12.7. The van der Waals surface area contributed by atoms with Crippen LogP contribution in [0.2, 0.25) is 0 Å². The average molecular weight is 523 g/mol. The number of hydrogen-bond acceptors (Lipinski definition) is 4. The number of rotatable bonds is 7. The topological polar surface area (TPSA) is 60.4 Å². The molecule has 0 N–H and O–H groups in total. The van der Waals surface area contributed by atoms with Crippen molar-refractivity contribution in [2.45, 2.75) is 61.6 Å². The Hall–Kier alpha value is -2.41. The molecule has 0 aliphatic heterocycles. The van der Waals surface area contributed by atoms with E-state index in [0.717, 1.165) is 32.2 Å². The number of benzene rings is 3. The first-order valence-electron chi connectivity index (χ1n) is 12.5. The second-order valence-corrected chi connectivity index (χ2v) is 15.3. The van der Waals surface area contributed by atoms with Gasteiger partial charge in [-0.1, -0.05) is 67.9 Å². The van der Waals surface area contributed by atoms with Gasteiger partial charge < -0.3 is 0 Å². The Labute approximate surface area is 216 Å². The molecule has 6 heteroatoms. The van der Waals surface area contributed by atoms with Gasteiger partial charge in [-0.25, -0.2) is 3.63 Å². The normalized spacial score (nSPS) is 23.7. The van der Waals surface area contributed by atoms with Crippen molar-refractivity contribution in [2.24, 2.45) is 16.7 Å². The van der Waals surface area contributed by atoms with Crippen molar-refractivity contribution in [3.05, 3.63) is 90.0 Å². The summed E-state index contributed by atoms with van der Waals surface area (Å²) >= 11 is 0. The molecular weight excluding hydrogens is 488 g/mol. The standard InChI is InChI=1S/C30H34O4S2/c1-22-15-16-27(23(2)19-22)36(25-11-7-5-8-12-25,26-13-9-6-10-14-26)34-35(32,33)21-30-18-17-24(20-28(30)31)29(30,3)4/h5-16,19,24H,17-18,20-21H2,1-4H3. The van der Waals surface area contributed by atoms with E-state index in [2.05, 4.69) is 19.9 Å². The van der Waals surface area contributed by atoms with Crippen LogP contribution in [0.1, 0.15) is 44.2 Å². The first kappa shape index (κ1) is 25.2. The molecule has 36 heavy (non-hydrogen) atoms. The van der Waals surface area contributed by atoms with Crippen LogP contribution in [0.4, 0.5) is 0 Å². The molecule has 0 heterocycles. The van der Waals surface area contributed by atoms with E-state index < -0.39 is 25.8 Å². The van der Waals surface area contributed by atoms with E-state index in [1.54, 1.807) is 0 Å². The number of fused-ring (bicyclic) bond motifs is 2. The molecule has 2 aliphatic carbocycles. The Morgan fingerprint density at radius 3 is 1.94 bits per heavy atom. The molecule has 2 aliphatic rings. The van der Waals surface area contributed by atoms with E-state index in [4.69, 9.17) is 3.63 Å². The second-order valence-electron chi connectivity index (χ2n) is 10.9. The third kappa shape index (κ3) is 3.85. The maximum atomic E-state index is 14.2. The van der Waals surface area contributed by atoms with Crippen LogP contribution in [0.5, 0.6) is 0 Å². The molecule has 4 nitrogen and oxygen atoms in total. The summed E-state index contributed by atoms with van der Waals surface area (Å²) < 4.78 is 34.9. The smallest absolute Gasteiger partial charge is 0.278 e. The summed E-state index contributed by atoms with van der Waals surface area (Å²) in [6.45, 7) is 8.16. The number of carbonyl (C=O) groups excluding carboxylic acids is 1. The van der Waals surface area contributed by atoms with E-state index in [0.29, 0.717) is 12.8 Å². The van der Waals surface area contributed by atoms with Gasteiger partial charge in [0.15, 0.2) is 0 Å². The average Bonchev–Trinajstić information content (AvgIpc) is 3.18. The highest BCUT2D eigenvalue weighted by atomic mass is 32.3. The second kappa shape index (κ2) is 8.86. The lowest BCUT2D eigenvalue weighted by molar-refractivity contribution is -0.128. The van der Waals surface area contributed by atoms with Crippen molar-refractivity contribution in [3.63, 3.8) is 0 Å². The summed E-state index contributed by atoms with van der Waals surface area (Å²) in [7, 11) is -6.78. The summed E-state index contributed by atoms with van der Waals surface area (Å²) in [6, 6.07) is 25.4. The molecule has 0 aromatic heterocycles. The minimum Gasteiger partial charge on any atom is -0.299 e. The molecule has 190 valence electrons. The predicted octanol–water partition coefficient (Wildman–Crippen LogP) is 7.24. The maximum absolute atomic E-state index is 14.2. The van der Waals surface area contributed by atoms with Crippen LogP contribution < -0.4 is 0 Å². The van der Waals surface area contributed by atoms with Crippen molar-refractivity contribution in [2.75, 3.05) is 5.75 Å². The largest absolute Gasteiger partial charge is 0.299 e. The molecule has 2 fully saturated rings. The molecule has 0 amide bonds. The van der Waals surface area contributed by atoms with Crippen molar-refractivity contribution in [1.29, 1.82) is 0 Å². The molecule has 2 atom stereocenters. The fourth-order valence-electron chi connectivity index (χ4n) is 6.44. The van der Waals surface area contributed by atoms with Crippen molar-refractivity contribution >= 4 is 26.2 Å². The van der Waals surface area contributed by atoms with Gasteiger partial charge in [0.1, 0.15) is 5.78 Å². The van der Waals surface area contributed by atoms with Gasteiger partial charge in [-0.2, -0.15) is 8.42 Å². The van der Waals surface area contributed by atoms with Crippen LogP contribution in [0.15, 0.2) is 93.5 Å². The van der Waals surface area contributed by atoms with E-state index in [9.17, 15) is 13.2 Å². The monoisotopic (exact) mass is 522 g/mol. The summed E-state index contributed by atoms with van der Waals surface area (Å²) in [5.41, 5.74) is 0.821. The van der Waals surface area contributed by atoms with Crippen LogP contribution in [-0.4, -0.2) is 20.0 Å². The van der Waals surface area contributed by atoms with Gasteiger partial charge in [0.25, 0.3) is 10.1 Å². The van der Waals surface area contributed by atoms with E-state index in [1.165, 1.54) is 0 Å². The zero-order chi connectivity index (χ0) is 25.8. The van der Waals surface area contributed by atoms with Gasteiger partial charge >= 0.3 is 0 Å². The SMILES string of the molecule is Cc1ccc(S(OS(=O)(=O)CC23CCC(CC2=O)C3(C)C)(c2ccccc2)c2ccccc2)c(C)c1. The highest BCUT2D eigenvalue weighted by molar-refractivity contribution is 8.33. The summed E-state index contributed by atoms with van der Waals surface area (Å²) in [5, 5.41) is 0. The van der Waals surface area contributed by atoms with Gasteiger partial charge in [0.2, 0.25) is 0 Å². The Morgan fingerprint density at radius 2 is 1.47 bits per heavy atom. The van der Waals surface area contributed by atoms with Gasteiger partial charge in [-0.15, -0.1) is 0 Å². The van der Waals surface area contributed by atoms with Crippen molar-refractivity contribution in [1.82, 2.24) is 0 Å². The molecule has 2 saturated carbocycles. The van der Waals surface area contributed by atoms with E-state index >= 15 is 0 Å². The van der Waals surface area contributed by atoms with Gasteiger partial charge in [0, 0.05) is 21.1 Å². The molecule has 5 rings (SSSR count). The van der Waals surface area contributed by atoms with Crippen LogP contribution >= 0.6 is 10.3 Å². The lowest BCUT2D eigenvalue weighted by Crippen LogP contribution is -2.42. The van der Waals surface area contributed by atoms with E-state index in [1.807, 2.05) is 86.6 Å². The van der Waals surface area contributed by atoms with Crippen molar-refractivity contribution in [3.8, 4) is 0 Å². The lowest BCUT2D eigenvalue weighted by Gasteiger charge is -2.42. The molecule has 0 spiro atoms. The quantitative estimate of drug-likeness (QED) is 0.328. The molecule has 2 bridgehead atoms. The molecule has 3 aromatic carbocycles. The molecule has 0 saturated heterocycles. The third-order valence-electron chi connectivity index (χ3n) is 8.56. The van der Waals surface area contributed by atoms with Gasteiger partial charge in [-0.05, 0) is 84.2 Å². The predicted molar refractivity (Wildman–Crippen MR) is 145 cm³/mol. The zero-order valence-corrected chi connectivity index (χ0v) is 23.0. The maximum Gasteiger partial charge on any atom is 0.278 e. The Balaban J connectivity index is 1.71. The third-order valence-corrected chi connectivity index (χ3v) is 14.0. The highest BCUT2D eigenvalue weighted by Gasteiger charge is 2.65. The molecular formula is C30H34O4S2. The summed E-state index contributed by atoms with van der Waals surface area (Å²) in [5.74, 6) is 0.0316. The Bertz CT molecular complexity index is 1360. The van der Waals surface area contributed by atoms with Gasteiger partial charge in [0.05, 0.1) is 11.2 Å². The Morgan fingerprint density at radius 1 is 0.889 bits per heavy atom. The zero-order valence-electron chi connectivity index (χ0n) is 21.4. The highest BCUT2D eigenvalue weighted by Crippen LogP contribution is 2.71. The number of Topliss-reactive ketones (excluding diaryl/α,β-unsaturated/α-hetero) is 1. The van der Waals surface area contributed by atoms with Crippen LogP contribution in [0.3, 0.4) is 0 Å². The first-order chi connectivity index (χ1) is 17.0. The van der Waals surface area contributed by atoms with Gasteiger partial charge in [-0.3, -0.25) is 4.79 Å². The minimum atomic E-state index is -4.13. The number of hydrogen-bond donors (Lipinski definition) is 0. The molecule has 0 radical (unpaired) electrons. The minimum absolute atomic E-state index is 0.0717. The van der Waals surface area contributed by atoms with Crippen LogP contribution in [-0.2, 0) is 18.5 Å². The fraction of sp³-hybridized carbons (Fsp3) is 0.367. The number of aryl methyl sites for hydroxylation is 2. The lowest BCUT2D eigenvalue weighted by atomic mass is 9.70. The van der Waals surface area contributed by atoms with E-state index in [-0.39, 0.29) is 22.9 Å².